The fourth-order valence-corrected chi connectivity index (χ4v) is 5.07. The van der Waals surface area contributed by atoms with Crippen LogP contribution in [0, 0.1) is 5.92 Å². The first-order valence-corrected chi connectivity index (χ1v) is 11.4. The molecule has 2 fully saturated rings. The lowest BCUT2D eigenvalue weighted by Crippen LogP contribution is -2.53. The van der Waals surface area contributed by atoms with E-state index >= 15 is 0 Å². The van der Waals surface area contributed by atoms with E-state index in [4.69, 9.17) is 11.6 Å². The Kier molecular flexibility index (Phi) is 6.34. The molecule has 1 saturated heterocycles. The van der Waals surface area contributed by atoms with Gasteiger partial charge in [0.25, 0.3) is 0 Å². The highest BCUT2D eigenvalue weighted by atomic mass is 35.5. The van der Waals surface area contributed by atoms with Gasteiger partial charge in [-0.3, -0.25) is 4.79 Å². The summed E-state index contributed by atoms with van der Waals surface area (Å²) in [5.74, 6) is 0.600. The minimum Gasteiger partial charge on any atom is -0.342 e. The number of nitrogens with zero attached hydrogens (tertiary/aromatic N) is 1. The van der Waals surface area contributed by atoms with Crippen LogP contribution in [-0.4, -0.2) is 23.9 Å². The van der Waals surface area contributed by atoms with Crippen LogP contribution in [0.15, 0.2) is 48.5 Å². The lowest BCUT2D eigenvalue weighted by molar-refractivity contribution is -0.143. The number of aryl methyl sites for hydroxylation is 1. The van der Waals surface area contributed by atoms with Crippen molar-refractivity contribution in [2.75, 3.05) is 13.1 Å². The van der Waals surface area contributed by atoms with Gasteiger partial charge in [0.05, 0.1) is 11.0 Å². The first-order chi connectivity index (χ1) is 14.8. The molecule has 0 N–H and O–H groups in total. The summed E-state index contributed by atoms with van der Waals surface area (Å²) in [6.45, 7) is 1.51. The molecule has 1 unspecified atom stereocenters. The van der Waals surface area contributed by atoms with Gasteiger partial charge in [0.15, 0.2) is 0 Å². The molecule has 2 aromatic carbocycles. The summed E-state index contributed by atoms with van der Waals surface area (Å²) in [6, 6.07) is 13.1. The van der Waals surface area contributed by atoms with Crippen LogP contribution in [0.25, 0.3) is 0 Å². The third-order valence-electron chi connectivity index (χ3n) is 6.94. The number of alkyl halides is 3. The molecule has 166 valence electrons. The van der Waals surface area contributed by atoms with E-state index in [0.29, 0.717) is 10.9 Å². The monoisotopic (exact) mass is 449 g/mol. The van der Waals surface area contributed by atoms with Gasteiger partial charge in [-0.15, -0.1) is 0 Å². The van der Waals surface area contributed by atoms with Crippen LogP contribution >= 0.6 is 11.6 Å². The first-order valence-electron chi connectivity index (χ1n) is 11.0. The summed E-state index contributed by atoms with van der Waals surface area (Å²) >= 11 is 6.04. The maximum absolute atomic E-state index is 13.5. The molecule has 0 radical (unpaired) electrons. The fourth-order valence-electron chi connectivity index (χ4n) is 4.94. The third kappa shape index (κ3) is 4.77. The first kappa shape index (κ1) is 22.2. The minimum absolute atomic E-state index is 0.223. The average molecular weight is 450 g/mol. The van der Waals surface area contributed by atoms with E-state index in [1.54, 1.807) is 12.1 Å². The van der Waals surface area contributed by atoms with Crippen LogP contribution in [0.3, 0.4) is 0 Å². The van der Waals surface area contributed by atoms with Gasteiger partial charge in [0, 0.05) is 18.1 Å². The van der Waals surface area contributed by atoms with Crippen molar-refractivity contribution >= 4 is 17.5 Å². The van der Waals surface area contributed by atoms with Crippen LogP contribution in [0.5, 0.6) is 0 Å². The van der Waals surface area contributed by atoms with Gasteiger partial charge in [0.2, 0.25) is 5.91 Å². The molecule has 1 aliphatic heterocycles. The van der Waals surface area contributed by atoms with Gasteiger partial charge in [-0.05, 0) is 79.8 Å². The van der Waals surface area contributed by atoms with Crippen molar-refractivity contribution in [3.63, 3.8) is 0 Å². The second-order valence-corrected chi connectivity index (χ2v) is 9.37. The molecule has 1 aliphatic carbocycles. The molecule has 0 bridgehead atoms. The van der Waals surface area contributed by atoms with E-state index < -0.39 is 17.2 Å². The molecular weight excluding hydrogens is 423 g/mol. The van der Waals surface area contributed by atoms with Crippen LogP contribution in [0.2, 0.25) is 5.02 Å². The van der Waals surface area contributed by atoms with Crippen LogP contribution in [0.4, 0.5) is 13.2 Å². The zero-order valence-electron chi connectivity index (χ0n) is 17.4. The summed E-state index contributed by atoms with van der Waals surface area (Å²) in [6.07, 6.45) is 2.14. The molecule has 4 rings (SSSR count). The molecule has 2 nitrogen and oxygen atoms in total. The van der Waals surface area contributed by atoms with E-state index in [-0.39, 0.29) is 5.91 Å². The molecular formula is C25H27ClF3NO. The third-order valence-corrected chi connectivity index (χ3v) is 7.19. The van der Waals surface area contributed by atoms with Crippen molar-refractivity contribution < 1.29 is 18.0 Å². The number of halogens is 4. The van der Waals surface area contributed by atoms with Crippen molar-refractivity contribution in [1.82, 2.24) is 4.90 Å². The van der Waals surface area contributed by atoms with Gasteiger partial charge in [0.1, 0.15) is 0 Å². The summed E-state index contributed by atoms with van der Waals surface area (Å²) in [7, 11) is 0. The van der Waals surface area contributed by atoms with Crippen molar-refractivity contribution in [1.29, 1.82) is 0 Å². The molecule has 0 aromatic heterocycles. The van der Waals surface area contributed by atoms with Gasteiger partial charge < -0.3 is 4.90 Å². The predicted molar refractivity (Wildman–Crippen MR) is 116 cm³/mol. The van der Waals surface area contributed by atoms with Crippen LogP contribution in [-0.2, 0) is 22.8 Å². The Morgan fingerprint density at radius 3 is 2.29 bits per heavy atom. The van der Waals surface area contributed by atoms with Crippen LogP contribution in [0.1, 0.15) is 55.2 Å². The molecule has 6 heteroatoms. The molecule has 2 aliphatic rings. The van der Waals surface area contributed by atoms with Gasteiger partial charge in [-0.1, -0.05) is 42.3 Å². The van der Waals surface area contributed by atoms with Crippen LogP contribution < -0.4 is 0 Å². The zero-order valence-corrected chi connectivity index (χ0v) is 18.2. The number of benzene rings is 2. The molecule has 1 atom stereocenters. The minimum atomic E-state index is -4.30. The van der Waals surface area contributed by atoms with Gasteiger partial charge in [-0.2, -0.15) is 13.2 Å². The Hall–Kier alpha value is -2.01. The van der Waals surface area contributed by atoms with E-state index in [1.165, 1.54) is 0 Å². The Morgan fingerprint density at radius 1 is 1.03 bits per heavy atom. The highest BCUT2D eigenvalue weighted by Gasteiger charge is 2.48. The number of hydrogen-bond donors (Lipinski definition) is 0. The predicted octanol–water partition coefficient (Wildman–Crippen LogP) is 6.65. The van der Waals surface area contributed by atoms with Crippen molar-refractivity contribution in [2.45, 2.75) is 56.5 Å². The maximum atomic E-state index is 13.5. The normalized spacial score (nSPS) is 20.9. The summed E-state index contributed by atoms with van der Waals surface area (Å²) in [4.78, 5) is 15.5. The van der Waals surface area contributed by atoms with Crippen molar-refractivity contribution in [2.24, 2.45) is 5.92 Å². The smallest absolute Gasteiger partial charge is 0.342 e. The van der Waals surface area contributed by atoms with E-state index in [1.807, 2.05) is 29.2 Å². The number of likely N-dealkylation sites (tertiary alicyclic amines) is 1. The Morgan fingerprint density at radius 2 is 1.71 bits per heavy atom. The number of rotatable bonds is 5. The Balaban J connectivity index is 1.38. The molecule has 2 aromatic rings. The number of hydrogen-bond acceptors (Lipinski definition) is 1. The highest BCUT2D eigenvalue weighted by Crippen LogP contribution is 2.46. The topological polar surface area (TPSA) is 20.3 Å². The number of carbonyl (C=O) groups excluding carboxylic acids is 1. The van der Waals surface area contributed by atoms with Gasteiger partial charge in [-0.25, -0.2) is 0 Å². The fraction of sp³-hybridized carbons (Fsp3) is 0.480. The second kappa shape index (κ2) is 8.85. The SMILES string of the molecule is O=C(N1CCCC(CCc2ccc(C(F)(F)F)cc2)C1)C1(c2ccc(Cl)cc2)CCC1. The van der Waals surface area contributed by atoms with Gasteiger partial charge >= 0.3 is 6.18 Å². The quantitative estimate of drug-likeness (QED) is 0.500. The van der Waals surface area contributed by atoms with E-state index in [2.05, 4.69) is 0 Å². The zero-order chi connectivity index (χ0) is 22.1. The molecule has 1 saturated carbocycles. The molecule has 1 heterocycles. The molecule has 31 heavy (non-hydrogen) atoms. The Bertz CT molecular complexity index is 904. The Labute approximate surface area is 186 Å². The number of amides is 1. The lowest BCUT2D eigenvalue weighted by atomic mass is 9.63. The van der Waals surface area contributed by atoms with Crippen molar-refractivity contribution in [3.05, 3.63) is 70.2 Å². The molecule has 1 amide bonds. The summed E-state index contributed by atoms with van der Waals surface area (Å²) < 4.78 is 38.2. The second-order valence-electron chi connectivity index (χ2n) is 8.94. The summed E-state index contributed by atoms with van der Waals surface area (Å²) in [5, 5.41) is 0.673. The van der Waals surface area contributed by atoms with E-state index in [9.17, 15) is 18.0 Å². The highest BCUT2D eigenvalue weighted by molar-refractivity contribution is 6.30. The average Bonchev–Trinajstić information content (AvgIpc) is 2.72. The van der Waals surface area contributed by atoms with Crippen molar-refractivity contribution in [3.8, 4) is 0 Å². The number of carbonyl (C=O) groups is 1. The van der Waals surface area contributed by atoms with E-state index in [0.717, 1.165) is 81.3 Å². The maximum Gasteiger partial charge on any atom is 0.416 e. The standard InChI is InChI=1S/C25H27ClF3NO/c26-22-12-10-20(11-13-22)24(14-2-15-24)23(31)30-16-1-3-19(17-30)5-4-18-6-8-21(9-7-18)25(27,28)29/h6-13,19H,1-5,14-17H2. The summed E-state index contributed by atoms with van der Waals surface area (Å²) in [5.41, 5.74) is 0.937. The lowest BCUT2D eigenvalue weighted by Gasteiger charge is -2.46. The largest absolute Gasteiger partial charge is 0.416 e. The molecule has 0 spiro atoms. The number of piperidine rings is 1.